The summed E-state index contributed by atoms with van der Waals surface area (Å²) >= 11 is 0. The van der Waals surface area contributed by atoms with Gasteiger partial charge in [-0.15, -0.1) is 0 Å². The number of para-hydroxylation sites is 2. The van der Waals surface area contributed by atoms with E-state index in [1.807, 2.05) is 42.3 Å². The topological polar surface area (TPSA) is 59.4 Å². The van der Waals surface area contributed by atoms with Crippen molar-refractivity contribution >= 4 is 11.7 Å². The summed E-state index contributed by atoms with van der Waals surface area (Å²) in [5.74, 6) is 0.693. The number of likely N-dealkylation sites (N-methyl/N-ethyl adjacent to an activating group) is 1. The van der Waals surface area contributed by atoms with Crippen LogP contribution in [0.1, 0.15) is 12.1 Å². The second-order valence-corrected chi connectivity index (χ2v) is 6.84. The Kier molecular flexibility index (Phi) is 6.97. The first-order valence-corrected chi connectivity index (χ1v) is 9.51. The molecule has 1 amide bonds. The first-order chi connectivity index (χ1) is 14.0. The van der Waals surface area contributed by atoms with Crippen LogP contribution in [0, 0.1) is 12.7 Å². The van der Waals surface area contributed by atoms with Crippen LogP contribution >= 0.6 is 0 Å². The molecule has 0 radical (unpaired) electrons. The summed E-state index contributed by atoms with van der Waals surface area (Å²) in [5.41, 5.74) is 0.984. The minimum absolute atomic E-state index is 0.186. The molecule has 0 atom stereocenters. The van der Waals surface area contributed by atoms with E-state index in [1.165, 1.54) is 10.7 Å². The lowest BCUT2D eigenvalue weighted by atomic mass is 10.3. The summed E-state index contributed by atoms with van der Waals surface area (Å²) < 4.78 is 21.2. The number of carbonyl (C=O) groups is 1. The average molecular weight is 396 g/mol. The van der Waals surface area contributed by atoms with Gasteiger partial charge in [0.05, 0.1) is 18.8 Å². The molecule has 1 N–H and O–H groups in total. The predicted molar refractivity (Wildman–Crippen MR) is 111 cm³/mol. The van der Waals surface area contributed by atoms with Gasteiger partial charge in [0, 0.05) is 12.6 Å². The van der Waals surface area contributed by atoms with Gasteiger partial charge >= 0.3 is 0 Å². The minimum Gasteiger partial charge on any atom is -0.494 e. The molecule has 0 bridgehead atoms. The van der Waals surface area contributed by atoms with Crippen LogP contribution in [-0.4, -0.2) is 47.3 Å². The van der Waals surface area contributed by atoms with E-state index in [-0.39, 0.29) is 12.5 Å². The number of amides is 1. The highest BCUT2D eigenvalue weighted by atomic mass is 19.1. The highest BCUT2D eigenvalue weighted by molar-refractivity contribution is 5.91. The molecule has 0 saturated carbocycles. The van der Waals surface area contributed by atoms with Gasteiger partial charge in [0.1, 0.15) is 23.1 Å². The van der Waals surface area contributed by atoms with Crippen molar-refractivity contribution in [3.8, 4) is 11.4 Å². The van der Waals surface area contributed by atoms with E-state index in [1.54, 1.807) is 31.2 Å². The zero-order valence-electron chi connectivity index (χ0n) is 16.6. The molecule has 1 heterocycles. The molecule has 2 aromatic carbocycles. The van der Waals surface area contributed by atoms with Gasteiger partial charge < -0.3 is 10.1 Å². The van der Waals surface area contributed by atoms with E-state index in [0.29, 0.717) is 30.4 Å². The Morgan fingerprint density at radius 3 is 2.66 bits per heavy atom. The summed E-state index contributed by atoms with van der Waals surface area (Å²) in [6.07, 6.45) is 0.797. The Morgan fingerprint density at radius 1 is 1.17 bits per heavy atom. The van der Waals surface area contributed by atoms with Gasteiger partial charge in [-0.1, -0.05) is 30.3 Å². The van der Waals surface area contributed by atoms with Crippen LogP contribution in [0.5, 0.6) is 5.75 Å². The molecular formula is C22H25FN4O2. The van der Waals surface area contributed by atoms with Crippen molar-refractivity contribution in [2.45, 2.75) is 13.3 Å². The molecular weight excluding hydrogens is 371 g/mol. The van der Waals surface area contributed by atoms with Gasteiger partial charge in [0.25, 0.3) is 0 Å². The fourth-order valence-electron chi connectivity index (χ4n) is 2.94. The Morgan fingerprint density at radius 2 is 1.90 bits per heavy atom. The molecule has 6 nitrogen and oxygen atoms in total. The number of hydrogen-bond donors (Lipinski definition) is 1. The standard InChI is InChI=1S/C22H25FN4O2/c1-17-15-21(27(25-17)20-12-7-6-11-19(20)23)24-22(28)16-26(2)13-8-14-29-18-9-4-3-5-10-18/h3-7,9-12,15H,8,13-14,16H2,1-2H3,(H,24,28). The van der Waals surface area contributed by atoms with Crippen molar-refractivity contribution in [1.29, 1.82) is 0 Å². The number of rotatable bonds is 9. The van der Waals surface area contributed by atoms with Gasteiger partial charge in [-0.3, -0.25) is 9.69 Å². The summed E-state index contributed by atoms with van der Waals surface area (Å²) in [4.78, 5) is 14.4. The van der Waals surface area contributed by atoms with Crippen LogP contribution in [0.15, 0.2) is 60.7 Å². The number of nitrogens with one attached hydrogen (secondary N) is 1. The van der Waals surface area contributed by atoms with Crippen molar-refractivity contribution in [2.75, 3.05) is 32.1 Å². The molecule has 0 spiro atoms. The van der Waals surface area contributed by atoms with Gasteiger partial charge in [0.15, 0.2) is 0 Å². The Balaban J connectivity index is 1.50. The summed E-state index contributed by atoms with van der Waals surface area (Å²) in [6.45, 7) is 3.31. The van der Waals surface area contributed by atoms with Gasteiger partial charge in [-0.2, -0.15) is 5.10 Å². The third-order valence-electron chi connectivity index (χ3n) is 4.29. The number of benzene rings is 2. The van der Waals surface area contributed by atoms with Gasteiger partial charge in [-0.25, -0.2) is 9.07 Å². The smallest absolute Gasteiger partial charge is 0.239 e. The zero-order valence-corrected chi connectivity index (χ0v) is 16.6. The molecule has 1 aromatic heterocycles. The van der Waals surface area contributed by atoms with Crippen molar-refractivity contribution in [3.63, 3.8) is 0 Å². The van der Waals surface area contributed by atoms with Crippen LogP contribution in [0.25, 0.3) is 5.69 Å². The number of anilines is 1. The number of hydrogen-bond acceptors (Lipinski definition) is 4. The maximum Gasteiger partial charge on any atom is 0.239 e. The normalized spacial score (nSPS) is 10.9. The summed E-state index contributed by atoms with van der Waals surface area (Å²) in [7, 11) is 1.88. The quantitative estimate of drug-likeness (QED) is 0.561. The second-order valence-electron chi connectivity index (χ2n) is 6.84. The van der Waals surface area contributed by atoms with Crippen molar-refractivity contribution in [1.82, 2.24) is 14.7 Å². The monoisotopic (exact) mass is 396 g/mol. The number of ether oxygens (including phenoxy) is 1. The van der Waals surface area contributed by atoms with Crippen LogP contribution < -0.4 is 10.1 Å². The Bertz CT molecular complexity index is 943. The number of nitrogens with zero attached hydrogens (tertiary/aromatic N) is 3. The van der Waals surface area contributed by atoms with E-state index < -0.39 is 5.82 Å². The van der Waals surface area contributed by atoms with E-state index in [9.17, 15) is 9.18 Å². The summed E-state index contributed by atoms with van der Waals surface area (Å²) in [5, 5.41) is 7.12. The number of aromatic nitrogens is 2. The minimum atomic E-state index is -0.401. The molecule has 0 aliphatic carbocycles. The number of carbonyl (C=O) groups excluding carboxylic acids is 1. The molecule has 0 aliphatic heterocycles. The molecule has 29 heavy (non-hydrogen) atoms. The van der Waals surface area contributed by atoms with E-state index in [2.05, 4.69) is 10.4 Å². The van der Waals surface area contributed by atoms with Crippen LogP contribution in [-0.2, 0) is 4.79 Å². The number of halogens is 1. The molecule has 3 aromatic rings. The second kappa shape index (κ2) is 9.84. The lowest BCUT2D eigenvalue weighted by molar-refractivity contribution is -0.117. The molecule has 152 valence electrons. The lowest BCUT2D eigenvalue weighted by Gasteiger charge is -2.17. The fraction of sp³-hybridized carbons (Fsp3) is 0.273. The first kappa shape index (κ1) is 20.5. The molecule has 0 aliphatic rings. The van der Waals surface area contributed by atoms with E-state index >= 15 is 0 Å². The zero-order chi connectivity index (χ0) is 20.6. The summed E-state index contributed by atoms with van der Waals surface area (Å²) in [6, 6.07) is 17.7. The number of aryl methyl sites for hydroxylation is 1. The molecule has 0 saturated heterocycles. The van der Waals surface area contributed by atoms with Crippen molar-refractivity contribution in [3.05, 3.63) is 72.2 Å². The van der Waals surface area contributed by atoms with Gasteiger partial charge in [-0.05, 0) is 44.7 Å². The highest BCUT2D eigenvalue weighted by Gasteiger charge is 2.14. The average Bonchev–Trinajstić information content (AvgIpc) is 3.06. The molecule has 3 rings (SSSR count). The van der Waals surface area contributed by atoms with Crippen LogP contribution in [0.4, 0.5) is 10.2 Å². The SMILES string of the molecule is Cc1cc(NC(=O)CN(C)CCCOc2ccccc2)n(-c2ccccc2F)n1. The van der Waals surface area contributed by atoms with Crippen molar-refractivity contribution in [2.24, 2.45) is 0 Å². The van der Waals surface area contributed by atoms with Gasteiger partial charge in [0.2, 0.25) is 5.91 Å². The largest absolute Gasteiger partial charge is 0.494 e. The Labute approximate surface area is 169 Å². The third kappa shape index (κ3) is 5.89. The Hall–Kier alpha value is -3.19. The van der Waals surface area contributed by atoms with Crippen LogP contribution in [0.2, 0.25) is 0 Å². The third-order valence-corrected chi connectivity index (χ3v) is 4.29. The first-order valence-electron chi connectivity index (χ1n) is 9.51. The van der Waals surface area contributed by atoms with Crippen molar-refractivity contribution < 1.29 is 13.9 Å². The maximum atomic E-state index is 14.1. The van der Waals surface area contributed by atoms with E-state index in [4.69, 9.17) is 4.74 Å². The fourth-order valence-corrected chi connectivity index (χ4v) is 2.94. The van der Waals surface area contributed by atoms with E-state index in [0.717, 1.165) is 12.2 Å². The molecule has 0 unspecified atom stereocenters. The molecule has 7 heteroatoms. The van der Waals surface area contributed by atoms with Crippen LogP contribution in [0.3, 0.4) is 0 Å². The highest BCUT2D eigenvalue weighted by Crippen LogP contribution is 2.19. The lowest BCUT2D eigenvalue weighted by Crippen LogP contribution is -2.32. The predicted octanol–water partition coefficient (Wildman–Crippen LogP) is 3.66. The maximum absolute atomic E-state index is 14.1. The molecule has 0 fully saturated rings.